The number of hydrazine groups is 1. The summed E-state index contributed by atoms with van der Waals surface area (Å²) in [6.45, 7) is 2.82. The van der Waals surface area contributed by atoms with Gasteiger partial charge in [-0.05, 0) is 41.6 Å². The number of aromatic nitrogens is 2. The highest BCUT2D eigenvalue weighted by Crippen LogP contribution is 2.26. The van der Waals surface area contributed by atoms with Crippen molar-refractivity contribution in [2.75, 3.05) is 12.0 Å². The maximum absolute atomic E-state index is 5.76. The van der Waals surface area contributed by atoms with E-state index in [9.17, 15) is 0 Å². The van der Waals surface area contributed by atoms with Gasteiger partial charge in [-0.2, -0.15) is 4.98 Å². The summed E-state index contributed by atoms with van der Waals surface area (Å²) in [6, 6.07) is 9.32. The molecule has 20 heavy (non-hydrogen) atoms. The van der Waals surface area contributed by atoms with Gasteiger partial charge in [0.2, 0.25) is 5.88 Å². The van der Waals surface area contributed by atoms with Crippen LogP contribution in [0.5, 0.6) is 11.6 Å². The third-order valence-corrected chi connectivity index (χ3v) is 3.27. The Morgan fingerprint density at radius 3 is 2.80 bits per heavy atom. The minimum atomic E-state index is 0.314. The number of nitrogens with one attached hydrogen (secondary N) is 1. The van der Waals surface area contributed by atoms with Gasteiger partial charge in [0.1, 0.15) is 18.2 Å². The Morgan fingerprint density at radius 2 is 2.10 bits per heavy atom. The molecule has 0 bridgehead atoms. The summed E-state index contributed by atoms with van der Waals surface area (Å²) in [6.07, 6.45) is 0. The summed E-state index contributed by atoms with van der Waals surface area (Å²) in [5, 5.41) is 0. The molecule has 0 saturated heterocycles. The highest BCUT2D eigenvalue weighted by atomic mass is 127. The smallest absolute Gasteiger partial charge is 0.224 e. The van der Waals surface area contributed by atoms with Crippen molar-refractivity contribution < 1.29 is 9.47 Å². The first-order valence-corrected chi connectivity index (χ1v) is 7.15. The fourth-order valence-corrected chi connectivity index (χ4v) is 1.99. The van der Waals surface area contributed by atoms with E-state index in [1.165, 1.54) is 0 Å². The maximum atomic E-state index is 5.76. The van der Waals surface area contributed by atoms with Crippen LogP contribution in [0.25, 0.3) is 0 Å². The molecule has 0 aliphatic carbocycles. The van der Waals surface area contributed by atoms with Crippen molar-refractivity contribution in [2.45, 2.75) is 13.5 Å². The Hall–Kier alpha value is -1.45. The number of para-hydroxylation sites is 1. The third-order valence-electron chi connectivity index (χ3n) is 2.38. The number of ether oxygens (including phenoxy) is 2. The summed E-state index contributed by atoms with van der Waals surface area (Å²) in [4.78, 5) is 8.50. The molecule has 7 heteroatoms. The summed E-state index contributed by atoms with van der Waals surface area (Å²) < 4.78 is 12.1. The first-order chi connectivity index (χ1) is 9.72. The van der Waals surface area contributed by atoms with Crippen LogP contribution in [0.3, 0.4) is 0 Å². The highest BCUT2D eigenvalue weighted by molar-refractivity contribution is 14.1. The lowest BCUT2D eigenvalue weighted by Crippen LogP contribution is -2.11. The Morgan fingerprint density at radius 1 is 1.30 bits per heavy atom. The molecular weight excluding hydrogens is 371 g/mol. The van der Waals surface area contributed by atoms with Crippen LogP contribution in [0, 0.1) is 3.57 Å². The molecule has 0 saturated carbocycles. The summed E-state index contributed by atoms with van der Waals surface area (Å²) in [5.41, 5.74) is 2.50. The van der Waals surface area contributed by atoms with E-state index < -0.39 is 0 Å². The minimum absolute atomic E-state index is 0.314. The molecule has 1 aromatic heterocycles. The Kier molecular flexibility index (Phi) is 5.50. The molecule has 3 N–H and O–H groups in total. The largest absolute Gasteiger partial charge is 0.438 e. The predicted octanol–water partition coefficient (Wildman–Crippen LogP) is 2.70. The first-order valence-electron chi connectivity index (χ1n) is 6.07. The molecule has 2 rings (SSSR count). The molecule has 106 valence electrons. The van der Waals surface area contributed by atoms with Gasteiger partial charge < -0.3 is 14.9 Å². The molecule has 0 atom stereocenters. The van der Waals surface area contributed by atoms with Gasteiger partial charge in [-0.1, -0.05) is 12.1 Å². The minimum Gasteiger partial charge on any atom is -0.438 e. The quantitative estimate of drug-likeness (QED) is 0.451. The third kappa shape index (κ3) is 4.02. The first kappa shape index (κ1) is 14.9. The van der Waals surface area contributed by atoms with Crippen LogP contribution < -0.4 is 16.0 Å². The lowest BCUT2D eigenvalue weighted by Gasteiger charge is -2.10. The Balaban J connectivity index is 2.24. The molecule has 1 aromatic carbocycles. The topological polar surface area (TPSA) is 82.3 Å². The van der Waals surface area contributed by atoms with Crippen molar-refractivity contribution in [3.05, 3.63) is 39.7 Å². The van der Waals surface area contributed by atoms with Gasteiger partial charge in [-0.3, -0.25) is 0 Å². The number of anilines is 1. The van der Waals surface area contributed by atoms with Gasteiger partial charge in [-0.15, -0.1) is 0 Å². The van der Waals surface area contributed by atoms with Crippen LogP contribution in [-0.2, 0) is 11.3 Å². The predicted molar refractivity (Wildman–Crippen MR) is 84.4 cm³/mol. The van der Waals surface area contributed by atoms with Gasteiger partial charge in [0.25, 0.3) is 0 Å². The molecule has 0 aliphatic heterocycles. The molecule has 0 aliphatic rings. The van der Waals surface area contributed by atoms with E-state index in [1.807, 2.05) is 31.2 Å². The Bertz CT molecular complexity index is 580. The molecular formula is C13H15IN4O2. The molecule has 0 unspecified atom stereocenters. The van der Waals surface area contributed by atoms with Crippen molar-refractivity contribution in [1.29, 1.82) is 0 Å². The van der Waals surface area contributed by atoms with Crippen molar-refractivity contribution >= 4 is 28.4 Å². The van der Waals surface area contributed by atoms with Gasteiger partial charge in [0.15, 0.2) is 5.82 Å². The summed E-state index contributed by atoms with van der Waals surface area (Å²) in [5.74, 6) is 7.56. The number of nitrogens with two attached hydrogens (primary N) is 1. The van der Waals surface area contributed by atoms with E-state index in [0.29, 0.717) is 30.7 Å². The average Bonchev–Trinajstić information content (AvgIpc) is 2.47. The van der Waals surface area contributed by atoms with Crippen LogP contribution in [0.2, 0.25) is 0 Å². The van der Waals surface area contributed by atoms with Gasteiger partial charge in [0.05, 0.1) is 3.57 Å². The number of hydrogen-bond acceptors (Lipinski definition) is 6. The number of nitrogens with zero attached hydrogens (tertiary/aromatic N) is 2. The number of halogens is 1. The molecule has 0 radical (unpaired) electrons. The van der Waals surface area contributed by atoms with Crippen molar-refractivity contribution in [3.63, 3.8) is 0 Å². The zero-order valence-corrected chi connectivity index (χ0v) is 13.1. The van der Waals surface area contributed by atoms with E-state index in [0.717, 1.165) is 9.32 Å². The highest BCUT2D eigenvalue weighted by Gasteiger charge is 2.08. The zero-order valence-electron chi connectivity index (χ0n) is 11.0. The Labute approximate surface area is 130 Å². The summed E-state index contributed by atoms with van der Waals surface area (Å²) in [7, 11) is 0. The fourth-order valence-electron chi connectivity index (χ4n) is 1.50. The molecule has 0 amide bonds. The average molecular weight is 386 g/mol. The van der Waals surface area contributed by atoms with E-state index in [1.54, 1.807) is 6.07 Å². The second kappa shape index (κ2) is 7.36. The lowest BCUT2D eigenvalue weighted by atomic mass is 10.3. The SMILES string of the molecule is CCOCc1nc(NN)cc(Oc2ccccc2I)n1. The monoisotopic (exact) mass is 386 g/mol. The lowest BCUT2D eigenvalue weighted by molar-refractivity contribution is 0.128. The maximum Gasteiger partial charge on any atom is 0.224 e. The number of benzene rings is 1. The van der Waals surface area contributed by atoms with Crippen LogP contribution in [0.15, 0.2) is 30.3 Å². The van der Waals surface area contributed by atoms with Crippen molar-refractivity contribution in [3.8, 4) is 11.6 Å². The molecule has 1 heterocycles. The van der Waals surface area contributed by atoms with Gasteiger partial charge >= 0.3 is 0 Å². The van der Waals surface area contributed by atoms with Gasteiger partial charge in [-0.25, -0.2) is 10.8 Å². The van der Waals surface area contributed by atoms with Crippen molar-refractivity contribution in [2.24, 2.45) is 5.84 Å². The van der Waals surface area contributed by atoms with Crippen LogP contribution in [-0.4, -0.2) is 16.6 Å². The van der Waals surface area contributed by atoms with E-state index in [-0.39, 0.29) is 0 Å². The number of hydrogen-bond donors (Lipinski definition) is 2. The molecule has 6 nitrogen and oxygen atoms in total. The van der Waals surface area contributed by atoms with Crippen LogP contribution in [0.4, 0.5) is 5.82 Å². The van der Waals surface area contributed by atoms with Crippen LogP contribution >= 0.6 is 22.6 Å². The number of rotatable bonds is 6. The standard InChI is InChI=1S/C13H15IN4O2/c1-2-19-8-12-16-11(18-15)7-13(17-12)20-10-6-4-3-5-9(10)14/h3-7H,2,8,15H2,1H3,(H,16,17,18). The molecule has 0 spiro atoms. The van der Waals surface area contributed by atoms with Crippen molar-refractivity contribution in [1.82, 2.24) is 9.97 Å². The molecule has 0 fully saturated rings. The van der Waals surface area contributed by atoms with E-state index in [2.05, 4.69) is 38.0 Å². The van der Waals surface area contributed by atoms with Gasteiger partial charge in [0, 0.05) is 12.7 Å². The normalized spacial score (nSPS) is 10.3. The van der Waals surface area contributed by atoms with E-state index in [4.69, 9.17) is 15.3 Å². The van der Waals surface area contributed by atoms with E-state index >= 15 is 0 Å². The zero-order chi connectivity index (χ0) is 14.4. The summed E-state index contributed by atoms with van der Waals surface area (Å²) >= 11 is 2.20. The van der Waals surface area contributed by atoms with Crippen LogP contribution in [0.1, 0.15) is 12.7 Å². The molecule has 2 aromatic rings. The number of nitrogen functional groups attached to an aromatic ring is 1. The second-order valence-corrected chi connectivity index (χ2v) is 4.98. The fraction of sp³-hybridized carbons (Fsp3) is 0.231. The second-order valence-electron chi connectivity index (χ2n) is 3.82.